The summed E-state index contributed by atoms with van der Waals surface area (Å²) in [5.74, 6) is 0.227. The van der Waals surface area contributed by atoms with Gasteiger partial charge in [-0.05, 0) is 13.0 Å². The summed E-state index contributed by atoms with van der Waals surface area (Å²) in [4.78, 5) is 15.7. The van der Waals surface area contributed by atoms with Crippen molar-refractivity contribution in [2.45, 2.75) is 72.6 Å². The molecule has 120 valence electrons. The summed E-state index contributed by atoms with van der Waals surface area (Å²) in [6, 6.07) is 0. The van der Waals surface area contributed by atoms with Gasteiger partial charge in [-0.15, -0.1) is 0 Å². The Kier molecular flexibility index (Phi) is 13.0. The van der Waals surface area contributed by atoms with Gasteiger partial charge in [-0.1, -0.05) is 59.3 Å². The van der Waals surface area contributed by atoms with Crippen molar-refractivity contribution in [3.8, 4) is 0 Å². The van der Waals surface area contributed by atoms with E-state index in [4.69, 9.17) is 0 Å². The van der Waals surface area contributed by atoms with Crippen LogP contribution in [0, 0.1) is 0 Å². The first-order chi connectivity index (χ1) is 9.74. The van der Waals surface area contributed by atoms with Gasteiger partial charge < -0.3 is 4.90 Å². The van der Waals surface area contributed by atoms with Crippen molar-refractivity contribution in [3.05, 3.63) is 0 Å². The maximum Gasteiger partial charge on any atom is 0.219 e. The van der Waals surface area contributed by atoms with E-state index in [2.05, 4.69) is 11.8 Å². The highest BCUT2D eigenvalue weighted by Crippen LogP contribution is 2.09. The number of carbonyl (C=O) groups excluding carboxylic acids is 1. The maximum absolute atomic E-state index is 11.2. The molecule has 1 fully saturated rings. The van der Waals surface area contributed by atoms with Crippen LogP contribution in [0.4, 0.5) is 0 Å². The Morgan fingerprint density at radius 2 is 1.35 bits per heavy atom. The average Bonchev–Trinajstić information content (AvgIpc) is 2.49. The molecule has 1 heterocycles. The Hall–Kier alpha value is -0.570. The molecular formula is C17H36N2O. The van der Waals surface area contributed by atoms with Crippen LogP contribution in [0.25, 0.3) is 0 Å². The second kappa shape index (κ2) is 13.4. The van der Waals surface area contributed by atoms with Crippen LogP contribution >= 0.6 is 0 Å². The van der Waals surface area contributed by atoms with Crippen LogP contribution < -0.4 is 0 Å². The van der Waals surface area contributed by atoms with Crippen LogP contribution in [0.3, 0.4) is 0 Å². The van der Waals surface area contributed by atoms with Gasteiger partial charge in [0.15, 0.2) is 0 Å². The zero-order chi connectivity index (χ0) is 15.2. The normalized spacial score (nSPS) is 15.7. The Bertz CT molecular complexity index is 223. The molecule has 0 N–H and O–H groups in total. The molecule has 0 atom stereocenters. The van der Waals surface area contributed by atoms with Gasteiger partial charge in [0, 0.05) is 33.1 Å². The number of amides is 1. The van der Waals surface area contributed by atoms with E-state index in [0.29, 0.717) is 0 Å². The minimum absolute atomic E-state index is 0.227. The zero-order valence-corrected chi connectivity index (χ0v) is 14.3. The van der Waals surface area contributed by atoms with Gasteiger partial charge in [0.1, 0.15) is 0 Å². The molecule has 3 heteroatoms. The first kappa shape index (κ1) is 19.4. The molecule has 0 aliphatic carbocycles. The van der Waals surface area contributed by atoms with Crippen molar-refractivity contribution < 1.29 is 4.79 Å². The molecule has 0 radical (unpaired) electrons. The van der Waals surface area contributed by atoms with E-state index in [1.807, 2.05) is 18.7 Å². The number of hydrogen-bond donors (Lipinski definition) is 0. The molecule has 0 unspecified atom stereocenters. The minimum Gasteiger partial charge on any atom is -0.340 e. The summed E-state index contributed by atoms with van der Waals surface area (Å²) in [5, 5.41) is 0. The smallest absolute Gasteiger partial charge is 0.219 e. The fourth-order valence-electron chi connectivity index (χ4n) is 2.58. The predicted molar refractivity (Wildman–Crippen MR) is 88.0 cm³/mol. The topological polar surface area (TPSA) is 23.6 Å². The number of piperazine rings is 1. The standard InChI is InChI=1S/C15H30N2O.C2H6/c1-3-4-5-6-7-8-9-10-16-11-13-17(14-12-16)15(2)18;1-2/h3-14H2,1-2H3;1-2H3. The van der Waals surface area contributed by atoms with E-state index in [-0.39, 0.29) is 5.91 Å². The Morgan fingerprint density at radius 3 is 1.85 bits per heavy atom. The summed E-state index contributed by atoms with van der Waals surface area (Å²) in [7, 11) is 0. The molecule has 1 aliphatic rings. The molecule has 1 rings (SSSR count). The molecule has 0 aromatic carbocycles. The molecule has 1 amide bonds. The van der Waals surface area contributed by atoms with Gasteiger partial charge in [0.05, 0.1) is 0 Å². The fraction of sp³-hybridized carbons (Fsp3) is 0.941. The first-order valence-electron chi connectivity index (χ1n) is 8.72. The summed E-state index contributed by atoms with van der Waals surface area (Å²) in [6.45, 7) is 13.1. The molecule has 0 saturated carbocycles. The predicted octanol–water partition coefficient (Wildman–Crippen LogP) is 3.93. The lowest BCUT2D eigenvalue weighted by Crippen LogP contribution is -2.48. The van der Waals surface area contributed by atoms with Gasteiger partial charge in [0.25, 0.3) is 0 Å². The molecule has 20 heavy (non-hydrogen) atoms. The molecular weight excluding hydrogens is 248 g/mol. The van der Waals surface area contributed by atoms with E-state index in [9.17, 15) is 4.79 Å². The highest BCUT2D eigenvalue weighted by molar-refractivity contribution is 5.73. The Balaban J connectivity index is 0.00000172. The van der Waals surface area contributed by atoms with Gasteiger partial charge in [-0.25, -0.2) is 0 Å². The molecule has 3 nitrogen and oxygen atoms in total. The van der Waals surface area contributed by atoms with Crippen molar-refractivity contribution in [1.82, 2.24) is 9.80 Å². The SMILES string of the molecule is CC.CCCCCCCCCN1CCN(C(C)=O)CC1. The van der Waals surface area contributed by atoms with Gasteiger partial charge in [-0.3, -0.25) is 9.69 Å². The molecule has 0 aromatic heterocycles. The van der Waals surface area contributed by atoms with E-state index in [0.717, 1.165) is 26.2 Å². The third-order valence-corrected chi connectivity index (χ3v) is 3.90. The van der Waals surface area contributed by atoms with Crippen molar-refractivity contribution in [2.24, 2.45) is 0 Å². The average molecular weight is 284 g/mol. The monoisotopic (exact) mass is 284 g/mol. The Labute approximate surface area is 126 Å². The van der Waals surface area contributed by atoms with Gasteiger partial charge in [0.2, 0.25) is 5.91 Å². The van der Waals surface area contributed by atoms with E-state index in [1.165, 1.54) is 51.5 Å². The lowest BCUT2D eigenvalue weighted by Gasteiger charge is -2.34. The highest BCUT2D eigenvalue weighted by Gasteiger charge is 2.17. The van der Waals surface area contributed by atoms with Gasteiger partial charge >= 0.3 is 0 Å². The molecule has 0 aromatic rings. The third kappa shape index (κ3) is 9.35. The van der Waals surface area contributed by atoms with E-state index >= 15 is 0 Å². The largest absolute Gasteiger partial charge is 0.340 e. The van der Waals surface area contributed by atoms with E-state index < -0.39 is 0 Å². The lowest BCUT2D eigenvalue weighted by atomic mass is 10.1. The highest BCUT2D eigenvalue weighted by atomic mass is 16.2. The number of nitrogens with zero attached hydrogens (tertiary/aromatic N) is 2. The zero-order valence-electron chi connectivity index (χ0n) is 14.3. The van der Waals surface area contributed by atoms with Crippen LogP contribution in [-0.4, -0.2) is 48.4 Å². The minimum atomic E-state index is 0.227. The lowest BCUT2D eigenvalue weighted by molar-refractivity contribution is -0.130. The van der Waals surface area contributed by atoms with Gasteiger partial charge in [-0.2, -0.15) is 0 Å². The number of unbranched alkanes of at least 4 members (excludes halogenated alkanes) is 6. The Morgan fingerprint density at radius 1 is 0.850 bits per heavy atom. The summed E-state index contributed by atoms with van der Waals surface area (Å²) in [5.41, 5.74) is 0. The molecule has 0 spiro atoms. The summed E-state index contributed by atoms with van der Waals surface area (Å²) in [6.07, 6.45) is 9.64. The van der Waals surface area contributed by atoms with Crippen molar-refractivity contribution in [1.29, 1.82) is 0 Å². The fourth-order valence-corrected chi connectivity index (χ4v) is 2.58. The van der Waals surface area contributed by atoms with Crippen LogP contribution in [-0.2, 0) is 4.79 Å². The second-order valence-electron chi connectivity index (χ2n) is 5.47. The molecule has 1 saturated heterocycles. The number of hydrogen-bond acceptors (Lipinski definition) is 2. The van der Waals surface area contributed by atoms with Crippen LogP contribution in [0.2, 0.25) is 0 Å². The number of carbonyl (C=O) groups is 1. The molecule has 1 aliphatic heterocycles. The summed E-state index contributed by atoms with van der Waals surface area (Å²) >= 11 is 0. The van der Waals surface area contributed by atoms with Crippen LogP contribution in [0.15, 0.2) is 0 Å². The first-order valence-corrected chi connectivity index (χ1v) is 8.72. The van der Waals surface area contributed by atoms with Crippen LogP contribution in [0.5, 0.6) is 0 Å². The number of rotatable bonds is 8. The second-order valence-corrected chi connectivity index (χ2v) is 5.47. The van der Waals surface area contributed by atoms with E-state index in [1.54, 1.807) is 6.92 Å². The van der Waals surface area contributed by atoms with Crippen molar-refractivity contribution in [2.75, 3.05) is 32.7 Å². The third-order valence-electron chi connectivity index (χ3n) is 3.90. The molecule has 0 bridgehead atoms. The summed E-state index contributed by atoms with van der Waals surface area (Å²) < 4.78 is 0. The van der Waals surface area contributed by atoms with Crippen molar-refractivity contribution >= 4 is 5.91 Å². The van der Waals surface area contributed by atoms with Crippen LogP contribution in [0.1, 0.15) is 72.6 Å². The quantitative estimate of drug-likeness (QED) is 0.631. The maximum atomic E-state index is 11.2. The van der Waals surface area contributed by atoms with Crippen molar-refractivity contribution in [3.63, 3.8) is 0 Å².